The van der Waals surface area contributed by atoms with Crippen LogP contribution in [-0.2, 0) is 14.2 Å². The second kappa shape index (κ2) is 6.75. The van der Waals surface area contributed by atoms with Gasteiger partial charge in [0, 0.05) is 13.2 Å². The molecule has 2 atom stereocenters. The predicted molar refractivity (Wildman–Crippen MR) is 75.0 cm³/mol. The monoisotopic (exact) mass is 266 g/mol. The Morgan fingerprint density at radius 3 is 2.68 bits per heavy atom. The Kier molecular flexibility index (Phi) is 5.01. The summed E-state index contributed by atoms with van der Waals surface area (Å²) in [5.41, 5.74) is 7.76. The minimum Gasteiger partial charge on any atom is -0.397 e. The third kappa shape index (κ3) is 3.37. The Morgan fingerprint density at radius 2 is 2.00 bits per heavy atom. The Morgan fingerprint density at radius 1 is 1.26 bits per heavy atom. The van der Waals surface area contributed by atoms with Crippen molar-refractivity contribution in [1.82, 2.24) is 0 Å². The number of morpholine rings is 1. The molecule has 1 heterocycles. The Balaban J connectivity index is 2.18. The molecule has 5 heteroatoms. The van der Waals surface area contributed by atoms with Gasteiger partial charge in [0.15, 0.2) is 12.5 Å². The van der Waals surface area contributed by atoms with Crippen LogP contribution in [-0.4, -0.2) is 38.9 Å². The maximum atomic E-state index is 6.05. The van der Waals surface area contributed by atoms with Crippen molar-refractivity contribution in [2.45, 2.75) is 26.4 Å². The van der Waals surface area contributed by atoms with Crippen molar-refractivity contribution in [2.24, 2.45) is 0 Å². The topological polar surface area (TPSA) is 57.0 Å². The lowest BCUT2D eigenvalue weighted by Crippen LogP contribution is -2.52. The molecule has 2 unspecified atom stereocenters. The molecule has 2 N–H and O–H groups in total. The molecule has 1 aromatic carbocycles. The normalized spacial score (nSPS) is 23.6. The van der Waals surface area contributed by atoms with E-state index in [-0.39, 0.29) is 12.5 Å². The van der Waals surface area contributed by atoms with E-state index in [9.17, 15) is 0 Å². The van der Waals surface area contributed by atoms with Crippen LogP contribution in [0.25, 0.3) is 0 Å². The molecule has 0 aromatic heterocycles. The quantitative estimate of drug-likeness (QED) is 0.824. The summed E-state index contributed by atoms with van der Waals surface area (Å²) < 4.78 is 16.9. The molecule has 2 rings (SSSR count). The van der Waals surface area contributed by atoms with Gasteiger partial charge in [0.1, 0.15) is 0 Å². The number of rotatable bonds is 5. The summed E-state index contributed by atoms with van der Waals surface area (Å²) in [7, 11) is 0. The van der Waals surface area contributed by atoms with E-state index in [0.29, 0.717) is 26.4 Å². The number of nitrogens with zero attached hydrogens (tertiary/aromatic N) is 1. The van der Waals surface area contributed by atoms with E-state index >= 15 is 0 Å². The first kappa shape index (κ1) is 14.1. The lowest BCUT2D eigenvalue weighted by Gasteiger charge is -2.40. The molecule has 1 aliphatic rings. The highest BCUT2D eigenvalue weighted by molar-refractivity contribution is 5.67. The Bertz CT molecular complexity index is 400. The molecule has 1 aromatic rings. The van der Waals surface area contributed by atoms with E-state index < -0.39 is 0 Å². The van der Waals surface area contributed by atoms with Gasteiger partial charge in [0.05, 0.1) is 24.5 Å². The average Bonchev–Trinajstić information content (AvgIpc) is 2.42. The highest BCUT2D eigenvalue weighted by Crippen LogP contribution is 2.28. The fourth-order valence-electron chi connectivity index (χ4n) is 2.23. The Hall–Kier alpha value is -1.30. The fraction of sp³-hybridized carbons (Fsp3) is 0.571. The van der Waals surface area contributed by atoms with Gasteiger partial charge in [-0.2, -0.15) is 0 Å². The van der Waals surface area contributed by atoms with Gasteiger partial charge in [-0.3, -0.25) is 0 Å². The van der Waals surface area contributed by atoms with Crippen LogP contribution in [0.15, 0.2) is 24.3 Å². The van der Waals surface area contributed by atoms with Gasteiger partial charge in [-0.15, -0.1) is 0 Å². The van der Waals surface area contributed by atoms with Gasteiger partial charge >= 0.3 is 0 Å². The Labute approximate surface area is 114 Å². The molecule has 19 heavy (non-hydrogen) atoms. The number of ether oxygens (including phenoxy) is 3. The molecular formula is C14H22N2O3. The first-order valence-corrected chi connectivity index (χ1v) is 6.72. The molecular weight excluding hydrogens is 244 g/mol. The van der Waals surface area contributed by atoms with E-state index in [1.54, 1.807) is 0 Å². The molecule has 1 fully saturated rings. The van der Waals surface area contributed by atoms with E-state index in [0.717, 1.165) is 11.4 Å². The zero-order valence-electron chi connectivity index (χ0n) is 11.5. The molecule has 0 spiro atoms. The molecule has 1 aliphatic heterocycles. The van der Waals surface area contributed by atoms with Crippen LogP contribution < -0.4 is 10.6 Å². The molecule has 0 radical (unpaired) electrons. The number of nitrogens with two attached hydrogens (primary N) is 1. The predicted octanol–water partition coefficient (Wildman–Crippen LogP) is 1.83. The SMILES string of the molecule is CCOC1CN(c2ccccc2N)C(OCC)CO1. The second-order valence-electron chi connectivity index (χ2n) is 4.34. The minimum atomic E-state index is -0.235. The van der Waals surface area contributed by atoms with E-state index in [4.69, 9.17) is 19.9 Å². The van der Waals surface area contributed by atoms with Crippen LogP contribution in [0, 0.1) is 0 Å². The zero-order valence-corrected chi connectivity index (χ0v) is 11.5. The van der Waals surface area contributed by atoms with Gasteiger partial charge in [-0.05, 0) is 26.0 Å². The van der Waals surface area contributed by atoms with Crippen molar-refractivity contribution in [3.05, 3.63) is 24.3 Å². The number of hydrogen-bond donors (Lipinski definition) is 1. The summed E-state index contributed by atoms with van der Waals surface area (Å²) >= 11 is 0. The molecule has 1 saturated heterocycles. The van der Waals surface area contributed by atoms with Gasteiger partial charge < -0.3 is 24.8 Å². The highest BCUT2D eigenvalue weighted by atomic mass is 16.7. The molecule has 106 valence electrons. The van der Waals surface area contributed by atoms with Crippen molar-refractivity contribution in [2.75, 3.05) is 37.0 Å². The first-order valence-electron chi connectivity index (χ1n) is 6.72. The lowest BCUT2D eigenvalue weighted by molar-refractivity contribution is -0.179. The largest absolute Gasteiger partial charge is 0.397 e. The number of para-hydroxylation sites is 2. The third-order valence-corrected chi connectivity index (χ3v) is 3.08. The number of hydrogen-bond acceptors (Lipinski definition) is 5. The van der Waals surface area contributed by atoms with Crippen molar-refractivity contribution in [3.8, 4) is 0 Å². The number of anilines is 2. The maximum Gasteiger partial charge on any atom is 0.175 e. The van der Waals surface area contributed by atoms with E-state index in [1.807, 2.05) is 38.1 Å². The third-order valence-electron chi connectivity index (χ3n) is 3.08. The van der Waals surface area contributed by atoms with Crippen LogP contribution in [0.1, 0.15) is 13.8 Å². The molecule has 0 bridgehead atoms. The van der Waals surface area contributed by atoms with Crippen molar-refractivity contribution < 1.29 is 14.2 Å². The highest BCUT2D eigenvalue weighted by Gasteiger charge is 2.30. The van der Waals surface area contributed by atoms with Gasteiger partial charge in [0.2, 0.25) is 0 Å². The smallest absolute Gasteiger partial charge is 0.175 e. The first-order chi connectivity index (χ1) is 9.26. The van der Waals surface area contributed by atoms with E-state index in [1.165, 1.54) is 0 Å². The summed E-state index contributed by atoms with van der Waals surface area (Å²) in [6.45, 7) is 6.29. The van der Waals surface area contributed by atoms with Crippen LogP contribution >= 0.6 is 0 Å². The zero-order chi connectivity index (χ0) is 13.7. The standard InChI is InChI=1S/C14H22N2O3/c1-3-17-13-10-19-14(18-4-2)9-16(13)12-8-6-5-7-11(12)15/h5-8,13-14H,3-4,9-10,15H2,1-2H3. The fourth-order valence-corrected chi connectivity index (χ4v) is 2.23. The molecule has 0 saturated carbocycles. The minimum absolute atomic E-state index is 0.119. The average molecular weight is 266 g/mol. The van der Waals surface area contributed by atoms with Crippen LogP contribution in [0.4, 0.5) is 11.4 Å². The van der Waals surface area contributed by atoms with Gasteiger partial charge in [0.25, 0.3) is 0 Å². The van der Waals surface area contributed by atoms with Gasteiger partial charge in [-0.25, -0.2) is 0 Å². The molecule has 0 aliphatic carbocycles. The number of benzene rings is 1. The summed E-state index contributed by atoms with van der Waals surface area (Å²) in [6, 6.07) is 7.79. The van der Waals surface area contributed by atoms with Crippen molar-refractivity contribution in [1.29, 1.82) is 0 Å². The van der Waals surface area contributed by atoms with Crippen LogP contribution in [0.3, 0.4) is 0 Å². The number of nitrogen functional groups attached to an aromatic ring is 1. The molecule has 5 nitrogen and oxygen atoms in total. The maximum absolute atomic E-state index is 6.05. The van der Waals surface area contributed by atoms with Crippen LogP contribution in [0.2, 0.25) is 0 Å². The van der Waals surface area contributed by atoms with Crippen LogP contribution in [0.5, 0.6) is 0 Å². The van der Waals surface area contributed by atoms with Crippen molar-refractivity contribution >= 4 is 11.4 Å². The van der Waals surface area contributed by atoms with Crippen molar-refractivity contribution in [3.63, 3.8) is 0 Å². The summed E-state index contributed by atoms with van der Waals surface area (Å²) in [6.07, 6.45) is -0.354. The summed E-state index contributed by atoms with van der Waals surface area (Å²) in [5, 5.41) is 0. The summed E-state index contributed by atoms with van der Waals surface area (Å²) in [5.74, 6) is 0. The molecule has 0 amide bonds. The van der Waals surface area contributed by atoms with Gasteiger partial charge in [-0.1, -0.05) is 12.1 Å². The van der Waals surface area contributed by atoms with E-state index in [2.05, 4.69) is 4.90 Å². The summed E-state index contributed by atoms with van der Waals surface area (Å²) in [4.78, 5) is 2.11. The second-order valence-corrected chi connectivity index (χ2v) is 4.34. The lowest BCUT2D eigenvalue weighted by atomic mass is 10.2.